The first-order chi connectivity index (χ1) is 6.37. The van der Waals surface area contributed by atoms with E-state index < -0.39 is 0 Å². The van der Waals surface area contributed by atoms with Gasteiger partial charge in [0.2, 0.25) is 0 Å². The second kappa shape index (κ2) is 3.95. The molecule has 0 radical (unpaired) electrons. The summed E-state index contributed by atoms with van der Waals surface area (Å²) in [4.78, 5) is 0. The first-order valence-corrected chi connectivity index (χ1v) is 5.23. The molecule has 0 aromatic rings. The van der Waals surface area contributed by atoms with Crippen LogP contribution >= 0.6 is 0 Å². The van der Waals surface area contributed by atoms with Gasteiger partial charge in [0, 0.05) is 18.6 Å². The molecule has 0 aromatic heterocycles. The number of rotatable bonds is 2. The summed E-state index contributed by atoms with van der Waals surface area (Å²) < 4.78 is 11.1. The Hall–Kier alpha value is -0.120. The standard InChI is InChI=1S/C10H19NO2/c11-4-1-9-2-5-12-7-10(9)3-6-13-8-10/h9H,1-8,11H2. The SMILES string of the molecule is NCCC1CCOCC12CCOC2. The Balaban J connectivity index is 2.03. The van der Waals surface area contributed by atoms with Crippen molar-refractivity contribution in [1.82, 2.24) is 0 Å². The third-order valence-electron chi connectivity index (χ3n) is 3.52. The van der Waals surface area contributed by atoms with Crippen molar-refractivity contribution in [3.05, 3.63) is 0 Å². The highest BCUT2D eigenvalue weighted by atomic mass is 16.5. The first kappa shape index (κ1) is 9.44. The van der Waals surface area contributed by atoms with Gasteiger partial charge in [0.1, 0.15) is 0 Å². The molecule has 3 heteroatoms. The van der Waals surface area contributed by atoms with Crippen LogP contribution in [0.25, 0.3) is 0 Å². The zero-order valence-electron chi connectivity index (χ0n) is 8.13. The van der Waals surface area contributed by atoms with Crippen molar-refractivity contribution < 1.29 is 9.47 Å². The number of nitrogens with two attached hydrogens (primary N) is 1. The summed E-state index contributed by atoms with van der Waals surface area (Å²) in [5.74, 6) is 0.730. The summed E-state index contributed by atoms with van der Waals surface area (Å²) >= 11 is 0. The lowest BCUT2D eigenvalue weighted by Crippen LogP contribution is -2.41. The Kier molecular flexibility index (Phi) is 2.86. The minimum atomic E-state index is 0.317. The van der Waals surface area contributed by atoms with Gasteiger partial charge in [-0.15, -0.1) is 0 Å². The molecule has 2 aliphatic heterocycles. The van der Waals surface area contributed by atoms with Gasteiger partial charge in [-0.3, -0.25) is 0 Å². The van der Waals surface area contributed by atoms with Crippen LogP contribution in [0.5, 0.6) is 0 Å². The monoisotopic (exact) mass is 185 g/mol. The number of hydrogen-bond acceptors (Lipinski definition) is 3. The van der Waals surface area contributed by atoms with Crippen LogP contribution in [-0.4, -0.2) is 33.0 Å². The fourth-order valence-corrected chi connectivity index (χ4v) is 2.64. The van der Waals surface area contributed by atoms with Crippen LogP contribution in [0.3, 0.4) is 0 Å². The fourth-order valence-electron chi connectivity index (χ4n) is 2.64. The van der Waals surface area contributed by atoms with E-state index in [1.165, 1.54) is 6.42 Å². The third kappa shape index (κ3) is 1.73. The maximum absolute atomic E-state index is 5.63. The van der Waals surface area contributed by atoms with Crippen molar-refractivity contribution in [3.63, 3.8) is 0 Å². The highest BCUT2D eigenvalue weighted by Gasteiger charge is 2.43. The van der Waals surface area contributed by atoms with Crippen LogP contribution in [0.2, 0.25) is 0 Å². The molecule has 76 valence electrons. The van der Waals surface area contributed by atoms with Gasteiger partial charge in [-0.25, -0.2) is 0 Å². The summed E-state index contributed by atoms with van der Waals surface area (Å²) in [7, 11) is 0. The van der Waals surface area contributed by atoms with E-state index >= 15 is 0 Å². The van der Waals surface area contributed by atoms with E-state index in [4.69, 9.17) is 15.2 Å². The van der Waals surface area contributed by atoms with Gasteiger partial charge >= 0.3 is 0 Å². The third-order valence-corrected chi connectivity index (χ3v) is 3.52. The lowest BCUT2D eigenvalue weighted by Gasteiger charge is -2.40. The van der Waals surface area contributed by atoms with Gasteiger partial charge in [0.25, 0.3) is 0 Å². The summed E-state index contributed by atoms with van der Waals surface area (Å²) in [6.07, 6.45) is 3.46. The number of ether oxygens (including phenoxy) is 2. The predicted octanol–water partition coefficient (Wildman–Crippen LogP) is 0.778. The molecule has 0 aliphatic carbocycles. The molecule has 2 N–H and O–H groups in total. The summed E-state index contributed by atoms with van der Waals surface area (Å²) in [5, 5.41) is 0. The van der Waals surface area contributed by atoms with Crippen molar-refractivity contribution in [2.75, 3.05) is 33.0 Å². The Morgan fingerprint density at radius 3 is 2.62 bits per heavy atom. The van der Waals surface area contributed by atoms with Crippen molar-refractivity contribution in [3.8, 4) is 0 Å². The largest absolute Gasteiger partial charge is 0.381 e. The lowest BCUT2D eigenvalue weighted by molar-refractivity contribution is -0.0568. The van der Waals surface area contributed by atoms with Crippen LogP contribution in [0, 0.1) is 11.3 Å². The molecule has 3 nitrogen and oxygen atoms in total. The van der Waals surface area contributed by atoms with Crippen molar-refractivity contribution in [2.24, 2.45) is 17.1 Å². The molecule has 2 aliphatic rings. The van der Waals surface area contributed by atoms with Crippen molar-refractivity contribution >= 4 is 0 Å². The molecule has 0 saturated carbocycles. The van der Waals surface area contributed by atoms with E-state index in [0.717, 1.165) is 51.7 Å². The molecule has 2 unspecified atom stereocenters. The quantitative estimate of drug-likeness (QED) is 0.691. The summed E-state index contributed by atoms with van der Waals surface area (Å²) in [6.45, 7) is 4.39. The molecule has 0 bridgehead atoms. The molecule has 2 atom stereocenters. The zero-order chi connectivity index (χ0) is 9.15. The van der Waals surface area contributed by atoms with E-state index in [1.807, 2.05) is 0 Å². The van der Waals surface area contributed by atoms with Crippen LogP contribution in [0.1, 0.15) is 19.3 Å². The summed E-state index contributed by atoms with van der Waals surface area (Å²) in [6, 6.07) is 0. The molecule has 0 aromatic carbocycles. The molecule has 1 spiro atoms. The van der Waals surface area contributed by atoms with E-state index in [2.05, 4.69) is 0 Å². The summed E-state index contributed by atoms with van der Waals surface area (Å²) in [5.41, 5.74) is 5.95. The second-order valence-corrected chi connectivity index (χ2v) is 4.28. The molecule has 0 amide bonds. The Morgan fingerprint density at radius 1 is 1.23 bits per heavy atom. The average molecular weight is 185 g/mol. The predicted molar refractivity (Wildman–Crippen MR) is 50.5 cm³/mol. The molecule has 2 rings (SSSR count). The van der Waals surface area contributed by atoms with E-state index in [9.17, 15) is 0 Å². The molecular formula is C10H19NO2. The average Bonchev–Trinajstić information content (AvgIpc) is 2.59. The van der Waals surface area contributed by atoms with Crippen LogP contribution in [0.4, 0.5) is 0 Å². The van der Waals surface area contributed by atoms with Gasteiger partial charge < -0.3 is 15.2 Å². The van der Waals surface area contributed by atoms with Crippen molar-refractivity contribution in [1.29, 1.82) is 0 Å². The van der Waals surface area contributed by atoms with Gasteiger partial charge in [0.15, 0.2) is 0 Å². The van der Waals surface area contributed by atoms with Gasteiger partial charge in [0.05, 0.1) is 13.2 Å². The zero-order valence-corrected chi connectivity index (χ0v) is 8.13. The Labute approximate surface area is 79.6 Å². The highest BCUT2D eigenvalue weighted by molar-refractivity contribution is 4.91. The fraction of sp³-hybridized carbons (Fsp3) is 1.00. The molecular weight excluding hydrogens is 166 g/mol. The molecule has 2 saturated heterocycles. The van der Waals surface area contributed by atoms with Gasteiger partial charge in [-0.1, -0.05) is 0 Å². The molecule has 13 heavy (non-hydrogen) atoms. The van der Waals surface area contributed by atoms with Gasteiger partial charge in [-0.05, 0) is 31.7 Å². The van der Waals surface area contributed by atoms with Crippen LogP contribution in [0.15, 0.2) is 0 Å². The van der Waals surface area contributed by atoms with Crippen molar-refractivity contribution in [2.45, 2.75) is 19.3 Å². The van der Waals surface area contributed by atoms with Gasteiger partial charge in [-0.2, -0.15) is 0 Å². The molecule has 2 heterocycles. The number of hydrogen-bond donors (Lipinski definition) is 1. The van der Waals surface area contributed by atoms with Crippen LogP contribution < -0.4 is 5.73 Å². The van der Waals surface area contributed by atoms with E-state index in [-0.39, 0.29) is 0 Å². The lowest BCUT2D eigenvalue weighted by atomic mass is 9.71. The Morgan fingerprint density at radius 2 is 2.00 bits per heavy atom. The highest BCUT2D eigenvalue weighted by Crippen LogP contribution is 2.42. The maximum atomic E-state index is 5.63. The first-order valence-electron chi connectivity index (χ1n) is 5.23. The van der Waals surface area contributed by atoms with Crippen LogP contribution in [-0.2, 0) is 9.47 Å². The van der Waals surface area contributed by atoms with E-state index in [0.29, 0.717) is 5.41 Å². The minimum absolute atomic E-state index is 0.317. The minimum Gasteiger partial charge on any atom is -0.381 e. The van der Waals surface area contributed by atoms with E-state index in [1.54, 1.807) is 0 Å². The topological polar surface area (TPSA) is 44.5 Å². The maximum Gasteiger partial charge on any atom is 0.0548 e. The smallest absolute Gasteiger partial charge is 0.0548 e. The molecule has 2 fully saturated rings. The Bertz CT molecular complexity index is 164. The normalized spacial score (nSPS) is 39.9. The second-order valence-electron chi connectivity index (χ2n) is 4.28.